The van der Waals surface area contributed by atoms with Crippen LogP contribution >= 0.6 is 11.9 Å². The maximum atomic E-state index is 14.0. The summed E-state index contributed by atoms with van der Waals surface area (Å²) < 4.78 is 15.8. The number of aromatic nitrogens is 4. The summed E-state index contributed by atoms with van der Waals surface area (Å²) in [7, 11) is 0. The summed E-state index contributed by atoms with van der Waals surface area (Å²) in [5, 5.41) is 22.0. The molecule has 1 unspecified atom stereocenters. The van der Waals surface area contributed by atoms with E-state index in [2.05, 4.69) is 15.3 Å². The second kappa shape index (κ2) is 7.16. The van der Waals surface area contributed by atoms with Gasteiger partial charge in [0.05, 0.1) is 31.0 Å². The van der Waals surface area contributed by atoms with E-state index in [9.17, 15) is 14.3 Å². The summed E-state index contributed by atoms with van der Waals surface area (Å²) in [4.78, 5) is 14.4. The number of aryl methyl sites for hydroxylation is 1. The quantitative estimate of drug-likeness (QED) is 0.701. The van der Waals surface area contributed by atoms with E-state index in [0.717, 1.165) is 21.8 Å². The first-order valence-corrected chi connectivity index (χ1v) is 9.24. The van der Waals surface area contributed by atoms with Crippen molar-refractivity contribution in [1.29, 1.82) is 0 Å². The molecular formula is C18H18FN5O2S. The second-order valence-electron chi connectivity index (χ2n) is 6.43. The molecule has 0 radical (unpaired) electrons. The van der Waals surface area contributed by atoms with E-state index in [0.29, 0.717) is 13.1 Å². The van der Waals surface area contributed by atoms with Crippen LogP contribution in [0.25, 0.3) is 0 Å². The van der Waals surface area contributed by atoms with Gasteiger partial charge in [0.25, 0.3) is 0 Å². The van der Waals surface area contributed by atoms with Crippen LogP contribution in [0, 0.1) is 12.7 Å². The van der Waals surface area contributed by atoms with Gasteiger partial charge in [-0.25, -0.2) is 8.48 Å². The predicted molar refractivity (Wildman–Crippen MR) is 97.3 cm³/mol. The van der Waals surface area contributed by atoms with Crippen LogP contribution in [0.5, 0.6) is 0 Å². The zero-order valence-electron chi connectivity index (χ0n) is 14.6. The van der Waals surface area contributed by atoms with Gasteiger partial charge in [-0.3, -0.25) is 9.89 Å². The van der Waals surface area contributed by atoms with Crippen molar-refractivity contribution in [2.45, 2.75) is 31.0 Å². The molecule has 2 aromatic heterocycles. The van der Waals surface area contributed by atoms with Crippen molar-refractivity contribution in [2.24, 2.45) is 0 Å². The van der Waals surface area contributed by atoms with Crippen LogP contribution in [-0.2, 0) is 17.9 Å². The molecule has 140 valence electrons. The molecule has 0 bridgehead atoms. The number of halogens is 1. The highest BCUT2D eigenvalue weighted by atomic mass is 32.2. The third-order valence-corrected chi connectivity index (χ3v) is 5.57. The fourth-order valence-electron chi connectivity index (χ4n) is 3.14. The lowest BCUT2D eigenvalue weighted by Crippen LogP contribution is -2.33. The molecule has 3 aromatic rings. The van der Waals surface area contributed by atoms with E-state index in [1.165, 1.54) is 24.1 Å². The number of rotatable bonds is 5. The predicted octanol–water partition coefficient (Wildman–Crippen LogP) is 2.23. The Morgan fingerprint density at radius 2 is 2.22 bits per heavy atom. The Kier molecular flexibility index (Phi) is 4.71. The van der Waals surface area contributed by atoms with Crippen molar-refractivity contribution >= 4 is 17.9 Å². The molecule has 1 atom stereocenters. The van der Waals surface area contributed by atoms with E-state index in [1.54, 1.807) is 27.3 Å². The SMILES string of the molecule is Cc1cn[nH]c1Sn1cc2c(n1)CN(C(=O)C(CO)c1ccccc1F)C2. The van der Waals surface area contributed by atoms with Crippen molar-refractivity contribution in [3.63, 3.8) is 0 Å². The number of benzene rings is 1. The summed E-state index contributed by atoms with van der Waals surface area (Å²) in [6, 6.07) is 6.05. The van der Waals surface area contributed by atoms with Crippen molar-refractivity contribution in [1.82, 2.24) is 24.3 Å². The molecule has 1 amide bonds. The normalized spacial score (nSPS) is 14.4. The van der Waals surface area contributed by atoms with Gasteiger partial charge >= 0.3 is 0 Å². The van der Waals surface area contributed by atoms with Crippen LogP contribution in [0.15, 0.2) is 41.7 Å². The van der Waals surface area contributed by atoms with Crippen LogP contribution in [0.1, 0.15) is 28.3 Å². The lowest BCUT2D eigenvalue weighted by atomic mass is 9.98. The van der Waals surface area contributed by atoms with Crippen molar-refractivity contribution in [2.75, 3.05) is 6.61 Å². The van der Waals surface area contributed by atoms with Crippen molar-refractivity contribution in [3.05, 3.63) is 64.9 Å². The summed E-state index contributed by atoms with van der Waals surface area (Å²) >= 11 is 1.42. The number of hydrogen-bond acceptors (Lipinski definition) is 5. The number of aliphatic hydroxyl groups is 1. The molecule has 0 aliphatic carbocycles. The number of amides is 1. The number of carbonyl (C=O) groups excluding carboxylic acids is 1. The largest absolute Gasteiger partial charge is 0.395 e. The molecule has 0 saturated carbocycles. The molecule has 0 fully saturated rings. The van der Waals surface area contributed by atoms with Crippen LogP contribution in [-0.4, -0.2) is 41.9 Å². The fourth-order valence-corrected chi connectivity index (χ4v) is 3.93. The molecule has 2 N–H and O–H groups in total. The smallest absolute Gasteiger partial charge is 0.233 e. The van der Waals surface area contributed by atoms with Gasteiger partial charge in [-0.1, -0.05) is 18.2 Å². The number of H-pyrrole nitrogens is 1. The number of aromatic amines is 1. The standard InChI is InChI=1S/C18H18FN5O2S/c1-11-6-20-21-17(11)27-24-8-12-7-23(9-16(12)22-24)18(26)14(10-25)13-4-2-3-5-15(13)19/h2-6,8,14,25H,7,9-10H2,1H3,(H,20,21). The first-order chi connectivity index (χ1) is 13.1. The van der Waals surface area contributed by atoms with Crippen LogP contribution in [0.2, 0.25) is 0 Å². The summed E-state index contributed by atoms with van der Waals surface area (Å²) in [5.41, 5.74) is 2.99. The Balaban J connectivity index is 1.48. The van der Waals surface area contributed by atoms with Gasteiger partial charge in [-0.05, 0) is 13.0 Å². The number of carbonyl (C=O) groups is 1. The first kappa shape index (κ1) is 17.7. The highest BCUT2D eigenvalue weighted by Gasteiger charge is 2.32. The van der Waals surface area contributed by atoms with E-state index in [1.807, 2.05) is 13.1 Å². The van der Waals surface area contributed by atoms with E-state index < -0.39 is 18.3 Å². The number of fused-ring (bicyclic) bond motifs is 1. The molecule has 1 aromatic carbocycles. The molecule has 7 nitrogen and oxygen atoms in total. The third-order valence-electron chi connectivity index (χ3n) is 4.60. The lowest BCUT2D eigenvalue weighted by molar-refractivity contribution is -0.134. The minimum atomic E-state index is -0.913. The number of nitrogens with one attached hydrogen (secondary N) is 1. The Hall–Kier alpha value is -2.65. The average molecular weight is 387 g/mol. The molecule has 0 spiro atoms. The van der Waals surface area contributed by atoms with Gasteiger partial charge in [0.15, 0.2) is 0 Å². The monoisotopic (exact) mass is 387 g/mol. The minimum Gasteiger partial charge on any atom is -0.395 e. The molecule has 3 heterocycles. The van der Waals surface area contributed by atoms with E-state index in [4.69, 9.17) is 0 Å². The first-order valence-electron chi connectivity index (χ1n) is 8.46. The Labute approximate surface area is 159 Å². The summed E-state index contributed by atoms with van der Waals surface area (Å²) in [5.74, 6) is -1.70. The second-order valence-corrected chi connectivity index (χ2v) is 7.39. The van der Waals surface area contributed by atoms with Gasteiger partial charge in [-0.15, -0.1) is 0 Å². The van der Waals surface area contributed by atoms with E-state index in [-0.39, 0.29) is 11.5 Å². The van der Waals surface area contributed by atoms with Gasteiger partial charge in [-0.2, -0.15) is 10.2 Å². The fraction of sp³-hybridized carbons (Fsp3) is 0.278. The number of aliphatic hydroxyl groups excluding tert-OH is 1. The highest BCUT2D eigenvalue weighted by Crippen LogP contribution is 2.29. The molecule has 0 saturated heterocycles. The van der Waals surface area contributed by atoms with Crippen molar-refractivity contribution < 1.29 is 14.3 Å². The van der Waals surface area contributed by atoms with Crippen LogP contribution in [0.4, 0.5) is 4.39 Å². The van der Waals surface area contributed by atoms with Crippen LogP contribution < -0.4 is 0 Å². The summed E-state index contributed by atoms with van der Waals surface area (Å²) in [6.45, 7) is 2.25. The zero-order chi connectivity index (χ0) is 19.0. The van der Waals surface area contributed by atoms with Crippen molar-refractivity contribution in [3.8, 4) is 0 Å². The summed E-state index contributed by atoms with van der Waals surface area (Å²) in [6.07, 6.45) is 3.63. The maximum absolute atomic E-state index is 14.0. The molecule has 1 aliphatic rings. The maximum Gasteiger partial charge on any atom is 0.233 e. The van der Waals surface area contributed by atoms with Gasteiger partial charge < -0.3 is 10.0 Å². The average Bonchev–Trinajstić information content (AvgIpc) is 3.33. The Morgan fingerprint density at radius 3 is 2.89 bits per heavy atom. The van der Waals surface area contributed by atoms with Gasteiger partial charge in [0.2, 0.25) is 5.91 Å². The number of nitrogens with zero attached hydrogens (tertiary/aromatic N) is 4. The minimum absolute atomic E-state index is 0.213. The lowest BCUT2D eigenvalue weighted by Gasteiger charge is -2.22. The van der Waals surface area contributed by atoms with Crippen LogP contribution in [0.3, 0.4) is 0 Å². The molecule has 27 heavy (non-hydrogen) atoms. The van der Waals surface area contributed by atoms with Gasteiger partial charge in [0, 0.05) is 41.4 Å². The Morgan fingerprint density at radius 1 is 1.41 bits per heavy atom. The topological polar surface area (TPSA) is 87.0 Å². The Bertz CT molecular complexity index is 962. The molecule has 1 aliphatic heterocycles. The molecule has 4 rings (SSSR count). The third kappa shape index (κ3) is 3.35. The zero-order valence-corrected chi connectivity index (χ0v) is 15.4. The number of hydrogen-bond donors (Lipinski definition) is 2. The van der Waals surface area contributed by atoms with Gasteiger partial charge in [0.1, 0.15) is 10.8 Å². The molecular weight excluding hydrogens is 369 g/mol. The molecule has 9 heteroatoms. The highest BCUT2D eigenvalue weighted by molar-refractivity contribution is 7.97. The van der Waals surface area contributed by atoms with E-state index >= 15 is 0 Å².